The first-order valence-electron chi connectivity index (χ1n) is 6.40. The lowest BCUT2D eigenvalue weighted by Gasteiger charge is -2.33. The summed E-state index contributed by atoms with van der Waals surface area (Å²) >= 11 is 0. The highest BCUT2D eigenvalue weighted by Gasteiger charge is 2.38. The lowest BCUT2D eigenvalue weighted by Crippen LogP contribution is -2.42. The Morgan fingerprint density at radius 1 is 1.42 bits per heavy atom. The molecule has 5 heteroatoms. The molecule has 2 N–H and O–H groups in total. The van der Waals surface area contributed by atoms with Crippen LogP contribution < -0.4 is 10.5 Å². The Morgan fingerprint density at radius 3 is 2.95 bits per heavy atom. The molecule has 100 valence electrons. The molecule has 0 bridgehead atoms. The van der Waals surface area contributed by atoms with Crippen molar-refractivity contribution < 1.29 is 9.26 Å². The highest BCUT2D eigenvalue weighted by atomic mass is 16.5. The average Bonchev–Trinajstić information content (AvgIpc) is 2.86. The number of aromatic nitrogens is 2. The summed E-state index contributed by atoms with van der Waals surface area (Å²) in [6.07, 6.45) is 2.85. The van der Waals surface area contributed by atoms with Gasteiger partial charge in [-0.15, -0.1) is 0 Å². The first kappa shape index (κ1) is 12.2. The predicted octanol–water partition coefficient (Wildman–Crippen LogP) is 1.93. The number of benzene rings is 1. The molecule has 1 aromatic heterocycles. The fraction of sp³-hybridized carbons (Fsp3) is 0.429. The summed E-state index contributed by atoms with van der Waals surface area (Å²) in [7, 11) is 1.65. The van der Waals surface area contributed by atoms with Crippen LogP contribution in [-0.4, -0.2) is 17.3 Å². The van der Waals surface area contributed by atoms with E-state index in [1.54, 1.807) is 14.0 Å². The van der Waals surface area contributed by atoms with Crippen molar-refractivity contribution >= 4 is 0 Å². The molecule has 5 nitrogen and oxygen atoms in total. The summed E-state index contributed by atoms with van der Waals surface area (Å²) in [5.41, 5.74) is 8.18. The lowest BCUT2D eigenvalue weighted by molar-refractivity contribution is 0.354. The molecule has 0 aliphatic heterocycles. The normalized spacial score (nSPS) is 22.1. The van der Waals surface area contributed by atoms with Gasteiger partial charge in [0.1, 0.15) is 11.3 Å². The number of nitrogens with two attached hydrogens (primary N) is 1. The molecule has 3 rings (SSSR count). The number of rotatable bonds is 2. The highest BCUT2D eigenvalue weighted by Crippen LogP contribution is 2.38. The number of aryl methyl sites for hydroxylation is 2. The third-order valence-corrected chi connectivity index (χ3v) is 3.74. The van der Waals surface area contributed by atoms with E-state index < -0.39 is 5.54 Å². The molecule has 2 aromatic rings. The smallest absolute Gasteiger partial charge is 0.223 e. The van der Waals surface area contributed by atoms with Crippen LogP contribution in [0.25, 0.3) is 0 Å². The molecule has 1 atom stereocenters. The zero-order valence-corrected chi connectivity index (χ0v) is 11.1. The van der Waals surface area contributed by atoms with E-state index in [4.69, 9.17) is 15.0 Å². The third kappa shape index (κ3) is 1.90. The van der Waals surface area contributed by atoms with E-state index >= 15 is 0 Å². The molecule has 0 fully saturated rings. The zero-order chi connectivity index (χ0) is 13.5. The second-order valence-corrected chi connectivity index (χ2v) is 4.98. The van der Waals surface area contributed by atoms with Crippen molar-refractivity contribution in [2.45, 2.75) is 31.7 Å². The van der Waals surface area contributed by atoms with E-state index in [9.17, 15) is 0 Å². The van der Waals surface area contributed by atoms with E-state index in [1.165, 1.54) is 5.56 Å². The zero-order valence-electron chi connectivity index (χ0n) is 11.1. The summed E-state index contributed by atoms with van der Waals surface area (Å²) in [6, 6.07) is 6.02. The van der Waals surface area contributed by atoms with E-state index in [0.717, 1.165) is 30.6 Å². The quantitative estimate of drug-likeness (QED) is 0.892. The minimum absolute atomic E-state index is 0.537. The van der Waals surface area contributed by atoms with Crippen LogP contribution in [-0.2, 0) is 12.0 Å². The number of fused-ring (bicyclic) bond motifs is 1. The van der Waals surface area contributed by atoms with Gasteiger partial charge >= 0.3 is 0 Å². The van der Waals surface area contributed by atoms with E-state index in [2.05, 4.69) is 16.2 Å². The van der Waals surface area contributed by atoms with Crippen LogP contribution in [0.1, 0.15) is 35.7 Å². The van der Waals surface area contributed by atoms with Crippen LogP contribution in [0, 0.1) is 6.92 Å². The van der Waals surface area contributed by atoms with E-state index in [-0.39, 0.29) is 0 Å². The molecule has 0 saturated heterocycles. The maximum absolute atomic E-state index is 6.59. The van der Waals surface area contributed by atoms with Crippen LogP contribution in [0.15, 0.2) is 22.7 Å². The van der Waals surface area contributed by atoms with Gasteiger partial charge in [-0.05, 0) is 42.5 Å². The van der Waals surface area contributed by atoms with Gasteiger partial charge in [-0.3, -0.25) is 0 Å². The summed E-state index contributed by atoms with van der Waals surface area (Å²) in [6.45, 7) is 1.77. The fourth-order valence-corrected chi connectivity index (χ4v) is 2.72. The second-order valence-electron chi connectivity index (χ2n) is 4.98. The molecule has 0 radical (unpaired) electrons. The van der Waals surface area contributed by atoms with Gasteiger partial charge in [0.15, 0.2) is 5.82 Å². The van der Waals surface area contributed by atoms with Gasteiger partial charge in [0.05, 0.1) is 7.11 Å². The van der Waals surface area contributed by atoms with E-state index in [1.807, 2.05) is 12.1 Å². The average molecular weight is 259 g/mol. The molecule has 1 heterocycles. The van der Waals surface area contributed by atoms with Crippen molar-refractivity contribution in [3.8, 4) is 5.75 Å². The number of methoxy groups -OCH3 is 1. The van der Waals surface area contributed by atoms with Crippen molar-refractivity contribution in [1.82, 2.24) is 10.1 Å². The van der Waals surface area contributed by atoms with Crippen LogP contribution in [0.5, 0.6) is 5.75 Å². The second kappa shape index (κ2) is 4.35. The van der Waals surface area contributed by atoms with Crippen molar-refractivity contribution in [2.75, 3.05) is 7.11 Å². The summed E-state index contributed by atoms with van der Waals surface area (Å²) < 4.78 is 10.4. The van der Waals surface area contributed by atoms with Crippen LogP contribution in [0.2, 0.25) is 0 Å². The number of hydrogen-bond donors (Lipinski definition) is 1. The summed E-state index contributed by atoms with van der Waals surface area (Å²) in [5, 5.41) is 4.01. The number of nitrogens with zero attached hydrogens (tertiary/aromatic N) is 2. The van der Waals surface area contributed by atoms with Gasteiger partial charge < -0.3 is 15.0 Å². The van der Waals surface area contributed by atoms with Crippen molar-refractivity contribution in [3.05, 3.63) is 41.0 Å². The molecule has 19 heavy (non-hydrogen) atoms. The van der Waals surface area contributed by atoms with Crippen LogP contribution in [0.3, 0.4) is 0 Å². The maximum atomic E-state index is 6.59. The molecule has 1 aliphatic carbocycles. The van der Waals surface area contributed by atoms with Crippen molar-refractivity contribution in [3.63, 3.8) is 0 Å². The van der Waals surface area contributed by atoms with Crippen LogP contribution >= 0.6 is 0 Å². The van der Waals surface area contributed by atoms with Gasteiger partial charge in [-0.1, -0.05) is 11.2 Å². The Balaban J connectivity index is 2.15. The molecule has 1 unspecified atom stereocenters. The number of ether oxygens (including phenoxy) is 1. The first-order valence-corrected chi connectivity index (χ1v) is 6.40. The van der Waals surface area contributed by atoms with Crippen LogP contribution in [0.4, 0.5) is 0 Å². The monoisotopic (exact) mass is 259 g/mol. The van der Waals surface area contributed by atoms with Gasteiger partial charge in [-0.2, -0.15) is 4.98 Å². The Hall–Kier alpha value is -1.88. The fourth-order valence-electron chi connectivity index (χ4n) is 2.72. The topological polar surface area (TPSA) is 74.2 Å². The minimum Gasteiger partial charge on any atom is -0.497 e. The molecule has 1 aliphatic rings. The van der Waals surface area contributed by atoms with Gasteiger partial charge in [0.25, 0.3) is 0 Å². The van der Waals surface area contributed by atoms with Crippen molar-refractivity contribution in [2.24, 2.45) is 5.73 Å². The predicted molar refractivity (Wildman–Crippen MR) is 69.9 cm³/mol. The number of hydrogen-bond acceptors (Lipinski definition) is 5. The summed E-state index contributed by atoms with van der Waals surface area (Å²) in [4.78, 5) is 4.32. The summed E-state index contributed by atoms with van der Waals surface area (Å²) in [5.74, 6) is 1.89. The minimum atomic E-state index is -0.681. The molecule has 1 aromatic carbocycles. The maximum Gasteiger partial charge on any atom is 0.223 e. The SMILES string of the molecule is COc1ccc2c(c1)C(N)(c1noc(C)n1)CCC2. The molecule has 0 amide bonds. The Morgan fingerprint density at radius 2 is 2.26 bits per heavy atom. The molecular formula is C14H17N3O2. The Kier molecular flexibility index (Phi) is 2.78. The van der Waals surface area contributed by atoms with Gasteiger partial charge in [0.2, 0.25) is 5.89 Å². The Labute approximate surface area is 111 Å². The lowest BCUT2D eigenvalue weighted by atomic mass is 9.76. The first-order chi connectivity index (χ1) is 9.13. The largest absolute Gasteiger partial charge is 0.497 e. The van der Waals surface area contributed by atoms with Crippen molar-refractivity contribution in [1.29, 1.82) is 0 Å². The third-order valence-electron chi connectivity index (χ3n) is 3.74. The van der Waals surface area contributed by atoms with Gasteiger partial charge in [0, 0.05) is 6.92 Å². The van der Waals surface area contributed by atoms with E-state index in [0.29, 0.717) is 11.7 Å². The molecule has 0 saturated carbocycles. The molecular weight excluding hydrogens is 242 g/mol. The Bertz CT molecular complexity index is 608. The standard InChI is InChI=1S/C14H17N3O2/c1-9-16-13(17-19-9)14(15)7-3-4-10-5-6-11(18-2)8-12(10)14/h5-6,8H,3-4,7,15H2,1-2H3. The van der Waals surface area contributed by atoms with Gasteiger partial charge in [-0.25, -0.2) is 0 Å². The molecule has 0 spiro atoms. The highest BCUT2D eigenvalue weighted by molar-refractivity contribution is 5.45.